The molecule has 104 valence electrons. The fourth-order valence-corrected chi connectivity index (χ4v) is 1.36. The molecule has 8 nitrogen and oxygen atoms in total. The molecule has 0 saturated heterocycles. The van der Waals surface area contributed by atoms with Crippen LogP contribution in [0.2, 0.25) is 5.15 Å². The molecule has 9 heteroatoms. The number of carbonyl (C=O) groups excluding carboxylic acids is 1. The van der Waals surface area contributed by atoms with Crippen molar-refractivity contribution in [1.29, 1.82) is 0 Å². The molecule has 0 aliphatic carbocycles. The van der Waals surface area contributed by atoms with Crippen molar-refractivity contribution < 1.29 is 9.72 Å². The summed E-state index contributed by atoms with van der Waals surface area (Å²) in [6.45, 7) is 0.607. The Morgan fingerprint density at radius 2 is 2.16 bits per heavy atom. The summed E-state index contributed by atoms with van der Waals surface area (Å²) in [7, 11) is 3.23. The molecule has 0 aromatic carbocycles. The summed E-state index contributed by atoms with van der Waals surface area (Å²) in [5.74, 6) is 0.0802. The van der Waals surface area contributed by atoms with Crippen molar-refractivity contribution in [2.75, 3.05) is 32.5 Å². The van der Waals surface area contributed by atoms with Crippen LogP contribution in [0.15, 0.2) is 12.1 Å². The molecule has 0 aliphatic heterocycles. The van der Waals surface area contributed by atoms with Gasteiger partial charge in [0.2, 0.25) is 5.82 Å². The summed E-state index contributed by atoms with van der Waals surface area (Å²) in [4.78, 5) is 26.7. The first-order valence-corrected chi connectivity index (χ1v) is 5.79. The molecule has 1 aromatic heterocycles. The van der Waals surface area contributed by atoms with Crippen LogP contribution in [-0.2, 0) is 0 Å². The van der Waals surface area contributed by atoms with E-state index >= 15 is 0 Å². The quantitative estimate of drug-likeness (QED) is 0.368. The van der Waals surface area contributed by atoms with Crippen LogP contribution in [0.3, 0.4) is 0 Å². The van der Waals surface area contributed by atoms with Crippen molar-refractivity contribution >= 4 is 29.1 Å². The Morgan fingerprint density at radius 3 is 2.74 bits per heavy atom. The Bertz CT molecular complexity index is 480. The van der Waals surface area contributed by atoms with Gasteiger partial charge in [0.05, 0.1) is 4.92 Å². The zero-order chi connectivity index (χ0) is 14.4. The van der Waals surface area contributed by atoms with Gasteiger partial charge < -0.3 is 15.5 Å². The van der Waals surface area contributed by atoms with Crippen LogP contribution in [0.5, 0.6) is 0 Å². The highest BCUT2D eigenvalue weighted by Crippen LogP contribution is 2.23. The number of urea groups is 1. The van der Waals surface area contributed by atoms with Crippen molar-refractivity contribution in [3.05, 3.63) is 27.4 Å². The molecule has 0 spiro atoms. The topological polar surface area (TPSA) is 100 Å². The monoisotopic (exact) mass is 287 g/mol. The standard InChI is InChI=1S/C10H14ClN5O3/c1-15(2)10(17)13-6-5-12-9-7(16(18)19)3-4-8(11)14-9/h3-4H,5-6H2,1-2H3,(H,12,14)(H,13,17). The SMILES string of the molecule is CN(C)C(=O)NCCNc1nc(Cl)ccc1[N+](=O)[O-]. The third-order valence-electron chi connectivity index (χ3n) is 2.14. The van der Waals surface area contributed by atoms with Crippen LogP contribution in [-0.4, -0.2) is 48.0 Å². The van der Waals surface area contributed by atoms with Gasteiger partial charge in [0.15, 0.2) is 0 Å². The first-order valence-electron chi connectivity index (χ1n) is 5.41. The number of anilines is 1. The average molecular weight is 288 g/mol. The van der Waals surface area contributed by atoms with E-state index in [0.29, 0.717) is 13.1 Å². The highest BCUT2D eigenvalue weighted by molar-refractivity contribution is 6.29. The molecule has 0 unspecified atom stereocenters. The lowest BCUT2D eigenvalue weighted by Crippen LogP contribution is -2.37. The van der Waals surface area contributed by atoms with E-state index in [1.165, 1.54) is 17.0 Å². The lowest BCUT2D eigenvalue weighted by Gasteiger charge is -2.12. The number of nitro groups is 1. The molecular weight excluding hydrogens is 274 g/mol. The number of hydrogen-bond donors (Lipinski definition) is 2. The number of rotatable bonds is 5. The summed E-state index contributed by atoms with van der Waals surface area (Å²) in [5, 5.41) is 16.3. The molecule has 1 rings (SSSR count). The van der Waals surface area contributed by atoms with Crippen molar-refractivity contribution in [2.45, 2.75) is 0 Å². The molecule has 0 atom stereocenters. The Kier molecular flexibility index (Phi) is 5.31. The summed E-state index contributed by atoms with van der Waals surface area (Å²) >= 11 is 5.68. The minimum atomic E-state index is -0.552. The first-order chi connectivity index (χ1) is 8.91. The van der Waals surface area contributed by atoms with Crippen LogP contribution >= 0.6 is 11.6 Å². The molecule has 19 heavy (non-hydrogen) atoms. The van der Waals surface area contributed by atoms with Gasteiger partial charge in [0.25, 0.3) is 0 Å². The summed E-state index contributed by atoms with van der Waals surface area (Å²) in [6.07, 6.45) is 0. The average Bonchev–Trinajstić information content (AvgIpc) is 2.33. The number of carbonyl (C=O) groups is 1. The normalized spacial score (nSPS) is 9.84. The van der Waals surface area contributed by atoms with Gasteiger partial charge in [-0.3, -0.25) is 10.1 Å². The molecule has 0 fully saturated rings. The second-order valence-corrected chi connectivity index (χ2v) is 4.20. The van der Waals surface area contributed by atoms with Crippen LogP contribution < -0.4 is 10.6 Å². The third kappa shape index (κ3) is 4.59. The minimum Gasteiger partial charge on any atom is -0.363 e. The molecule has 1 heterocycles. The highest BCUT2D eigenvalue weighted by Gasteiger charge is 2.15. The number of aromatic nitrogens is 1. The maximum atomic E-state index is 11.2. The van der Waals surface area contributed by atoms with Crippen molar-refractivity contribution in [3.63, 3.8) is 0 Å². The van der Waals surface area contributed by atoms with E-state index in [2.05, 4.69) is 15.6 Å². The van der Waals surface area contributed by atoms with Crippen LogP contribution in [0.25, 0.3) is 0 Å². The van der Waals surface area contributed by atoms with Gasteiger partial charge in [0, 0.05) is 33.3 Å². The summed E-state index contributed by atoms with van der Waals surface area (Å²) in [5.41, 5.74) is -0.164. The molecule has 0 aliphatic rings. The Balaban J connectivity index is 2.55. The Morgan fingerprint density at radius 1 is 1.47 bits per heavy atom. The lowest BCUT2D eigenvalue weighted by atomic mass is 10.4. The second kappa shape index (κ2) is 6.74. The van der Waals surface area contributed by atoms with E-state index in [1.54, 1.807) is 14.1 Å². The number of pyridine rings is 1. The van der Waals surface area contributed by atoms with Gasteiger partial charge in [-0.1, -0.05) is 11.6 Å². The smallest absolute Gasteiger partial charge is 0.316 e. The van der Waals surface area contributed by atoms with Crippen molar-refractivity contribution in [3.8, 4) is 0 Å². The van der Waals surface area contributed by atoms with Crippen LogP contribution in [0.1, 0.15) is 0 Å². The number of nitrogens with one attached hydrogen (secondary N) is 2. The van der Waals surface area contributed by atoms with E-state index in [4.69, 9.17) is 11.6 Å². The van der Waals surface area contributed by atoms with Crippen LogP contribution in [0.4, 0.5) is 16.3 Å². The Labute approximate surface area is 114 Å². The van der Waals surface area contributed by atoms with E-state index in [9.17, 15) is 14.9 Å². The lowest BCUT2D eigenvalue weighted by molar-refractivity contribution is -0.384. The van der Waals surface area contributed by atoms with Gasteiger partial charge >= 0.3 is 11.7 Å². The predicted octanol–water partition coefficient (Wildman–Crippen LogP) is 1.33. The minimum absolute atomic E-state index is 0.0802. The number of nitrogens with zero attached hydrogens (tertiary/aromatic N) is 3. The van der Waals surface area contributed by atoms with Gasteiger partial charge in [-0.25, -0.2) is 9.78 Å². The summed E-state index contributed by atoms with van der Waals surface area (Å²) in [6, 6.07) is 2.38. The molecule has 2 amide bonds. The number of amides is 2. The number of hydrogen-bond acceptors (Lipinski definition) is 5. The molecule has 0 saturated carbocycles. The molecular formula is C10H14ClN5O3. The molecule has 0 bridgehead atoms. The van der Waals surface area contributed by atoms with E-state index in [0.717, 1.165) is 0 Å². The maximum Gasteiger partial charge on any atom is 0.316 e. The van der Waals surface area contributed by atoms with E-state index in [-0.39, 0.29) is 22.7 Å². The fourth-order valence-electron chi connectivity index (χ4n) is 1.21. The van der Waals surface area contributed by atoms with Crippen LogP contribution in [0, 0.1) is 10.1 Å². The third-order valence-corrected chi connectivity index (χ3v) is 2.35. The molecule has 2 N–H and O–H groups in total. The van der Waals surface area contributed by atoms with E-state index in [1.807, 2.05) is 0 Å². The predicted molar refractivity (Wildman–Crippen MR) is 71.5 cm³/mol. The molecule has 0 radical (unpaired) electrons. The van der Waals surface area contributed by atoms with Gasteiger partial charge in [0.1, 0.15) is 5.15 Å². The molecule has 1 aromatic rings. The van der Waals surface area contributed by atoms with E-state index < -0.39 is 4.92 Å². The van der Waals surface area contributed by atoms with Gasteiger partial charge in [-0.05, 0) is 6.07 Å². The zero-order valence-corrected chi connectivity index (χ0v) is 11.3. The highest BCUT2D eigenvalue weighted by atomic mass is 35.5. The van der Waals surface area contributed by atoms with Crippen molar-refractivity contribution in [1.82, 2.24) is 15.2 Å². The second-order valence-electron chi connectivity index (χ2n) is 3.81. The Hall–Kier alpha value is -2.09. The zero-order valence-electron chi connectivity index (χ0n) is 10.5. The van der Waals surface area contributed by atoms with Gasteiger partial charge in [-0.2, -0.15) is 0 Å². The van der Waals surface area contributed by atoms with Gasteiger partial charge in [-0.15, -0.1) is 0 Å². The first kappa shape index (κ1) is 15.0. The largest absolute Gasteiger partial charge is 0.363 e. The summed E-state index contributed by atoms with van der Waals surface area (Å²) < 4.78 is 0. The number of halogens is 1. The fraction of sp³-hybridized carbons (Fsp3) is 0.400. The maximum absolute atomic E-state index is 11.2. The van der Waals surface area contributed by atoms with Crippen molar-refractivity contribution in [2.24, 2.45) is 0 Å².